The zero-order valence-corrected chi connectivity index (χ0v) is 11.5. The molecule has 0 amide bonds. The van der Waals surface area contributed by atoms with Crippen LogP contribution in [-0.4, -0.2) is 37.4 Å². The Balaban J connectivity index is 2.20. The Morgan fingerprint density at radius 2 is 2.06 bits per heavy atom. The summed E-state index contributed by atoms with van der Waals surface area (Å²) in [6.07, 6.45) is 0.794. The lowest BCUT2D eigenvalue weighted by Crippen LogP contribution is -2.41. The first-order valence-corrected chi connectivity index (χ1v) is 6.92. The fourth-order valence-corrected chi connectivity index (χ4v) is 2.64. The summed E-state index contributed by atoms with van der Waals surface area (Å²) in [7, 11) is 0. The van der Waals surface area contributed by atoms with Crippen LogP contribution < -0.4 is 10.2 Å². The van der Waals surface area contributed by atoms with Crippen LogP contribution >= 0.6 is 11.6 Å². The molecule has 0 radical (unpaired) electrons. The smallest absolute Gasteiger partial charge is 0.0451 e. The zero-order valence-electron chi connectivity index (χ0n) is 10.8. The van der Waals surface area contributed by atoms with E-state index >= 15 is 0 Å². The number of rotatable bonds is 3. The Morgan fingerprint density at radius 1 is 1.33 bits per heavy atom. The highest BCUT2D eigenvalue weighted by Crippen LogP contribution is 2.23. The van der Waals surface area contributed by atoms with Crippen LogP contribution in [0, 0.1) is 5.92 Å². The monoisotopic (exact) mass is 268 g/mol. The van der Waals surface area contributed by atoms with Crippen molar-refractivity contribution in [2.45, 2.75) is 19.4 Å². The van der Waals surface area contributed by atoms with E-state index < -0.39 is 0 Å². The molecule has 4 heteroatoms. The van der Waals surface area contributed by atoms with E-state index in [1.54, 1.807) is 0 Å². The van der Waals surface area contributed by atoms with Gasteiger partial charge in [0, 0.05) is 36.4 Å². The molecule has 0 aromatic heterocycles. The number of aliphatic hydroxyl groups excluding tert-OH is 1. The summed E-state index contributed by atoms with van der Waals surface area (Å²) in [6, 6.07) is 8.32. The molecule has 1 heterocycles. The first-order valence-electron chi connectivity index (χ1n) is 6.54. The summed E-state index contributed by atoms with van der Waals surface area (Å²) >= 11 is 5.94. The number of hydrogen-bond acceptors (Lipinski definition) is 3. The van der Waals surface area contributed by atoms with Gasteiger partial charge in [0.05, 0.1) is 0 Å². The van der Waals surface area contributed by atoms with Crippen molar-refractivity contribution >= 4 is 17.3 Å². The Labute approximate surface area is 114 Å². The van der Waals surface area contributed by atoms with Crippen molar-refractivity contribution in [2.24, 2.45) is 5.92 Å². The number of benzene rings is 1. The van der Waals surface area contributed by atoms with Crippen molar-refractivity contribution in [2.75, 3.05) is 31.1 Å². The molecule has 2 atom stereocenters. The number of anilines is 1. The van der Waals surface area contributed by atoms with E-state index in [0.717, 1.165) is 31.1 Å². The minimum Gasteiger partial charge on any atom is -0.396 e. The van der Waals surface area contributed by atoms with Crippen LogP contribution in [0.3, 0.4) is 0 Å². The van der Waals surface area contributed by atoms with Crippen molar-refractivity contribution in [3.05, 3.63) is 29.3 Å². The summed E-state index contributed by atoms with van der Waals surface area (Å²) in [5, 5.41) is 13.4. The molecule has 0 aliphatic carbocycles. The van der Waals surface area contributed by atoms with E-state index in [1.807, 2.05) is 12.1 Å². The van der Waals surface area contributed by atoms with Gasteiger partial charge >= 0.3 is 0 Å². The highest BCUT2D eigenvalue weighted by atomic mass is 35.5. The van der Waals surface area contributed by atoms with Crippen molar-refractivity contribution in [3.63, 3.8) is 0 Å². The SMILES string of the molecule is CC1CNCC(CCO)N(c2ccc(Cl)cc2)C1. The van der Waals surface area contributed by atoms with Crippen LogP contribution in [0.15, 0.2) is 24.3 Å². The van der Waals surface area contributed by atoms with Crippen LogP contribution in [0.25, 0.3) is 0 Å². The summed E-state index contributed by atoms with van der Waals surface area (Å²) in [6.45, 7) is 5.45. The third-order valence-corrected chi connectivity index (χ3v) is 3.69. The summed E-state index contributed by atoms with van der Waals surface area (Å²) < 4.78 is 0. The van der Waals surface area contributed by atoms with E-state index in [4.69, 9.17) is 11.6 Å². The lowest BCUT2D eigenvalue weighted by molar-refractivity contribution is 0.272. The van der Waals surface area contributed by atoms with E-state index in [0.29, 0.717) is 12.0 Å². The Hall–Kier alpha value is -0.770. The molecule has 100 valence electrons. The van der Waals surface area contributed by atoms with Gasteiger partial charge in [-0.15, -0.1) is 0 Å². The van der Waals surface area contributed by atoms with Crippen LogP contribution in [0.4, 0.5) is 5.69 Å². The summed E-state index contributed by atoms with van der Waals surface area (Å²) in [5.41, 5.74) is 1.19. The lowest BCUT2D eigenvalue weighted by Gasteiger charge is -2.32. The second kappa shape index (κ2) is 6.41. The minimum atomic E-state index is 0.227. The molecular formula is C14H21ClN2O. The molecule has 2 unspecified atom stereocenters. The van der Waals surface area contributed by atoms with Gasteiger partial charge in [0.25, 0.3) is 0 Å². The average Bonchev–Trinajstić information content (AvgIpc) is 2.53. The van der Waals surface area contributed by atoms with Crippen LogP contribution in [0.1, 0.15) is 13.3 Å². The van der Waals surface area contributed by atoms with Gasteiger partial charge in [-0.3, -0.25) is 0 Å². The van der Waals surface area contributed by atoms with Gasteiger partial charge < -0.3 is 15.3 Å². The van der Waals surface area contributed by atoms with Gasteiger partial charge in [0.15, 0.2) is 0 Å². The number of nitrogens with one attached hydrogen (secondary N) is 1. The van der Waals surface area contributed by atoms with Gasteiger partial charge in [0.2, 0.25) is 0 Å². The second-order valence-electron chi connectivity index (χ2n) is 5.06. The molecule has 1 aromatic rings. The predicted octanol–water partition coefficient (Wildman–Crippen LogP) is 2.14. The first kappa shape index (κ1) is 13.7. The minimum absolute atomic E-state index is 0.227. The van der Waals surface area contributed by atoms with Gasteiger partial charge in [-0.1, -0.05) is 18.5 Å². The maximum absolute atomic E-state index is 9.21. The average molecular weight is 269 g/mol. The van der Waals surface area contributed by atoms with Crippen molar-refractivity contribution in [3.8, 4) is 0 Å². The first-order chi connectivity index (χ1) is 8.70. The summed E-state index contributed by atoms with van der Waals surface area (Å²) in [5.74, 6) is 0.601. The van der Waals surface area contributed by atoms with Gasteiger partial charge in [0.1, 0.15) is 0 Å². The maximum Gasteiger partial charge on any atom is 0.0451 e. The van der Waals surface area contributed by atoms with Crippen LogP contribution in [0.2, 0.25) is 5.02 Å². The van der Waals surface area contributed by atoms with Crippen molar-refractivity contribution in [1.29, 1.82) is 0 Å². The molecule has 18 heavy (non-hydrogen) atoms. The van der Waals surface area contributed by atoms with Crippen LogP contribution in [-0.2, 0) is 0 Å². The Kier molecular flexibility index (Phi) is 4.87. The molecule has 1 aliphatic heterocycles. The van der Waals surface area contributed by atoms with Crippen molar-refractivity contribution in [1.82, 2.24) is 5.32 Å². The molecule has 0 spiro atoms. The highest BCUT2D eigenvalue weighted by Gasteiger charge is 2.23. The molecule has 2 rings (SSSR count). The summed E-state index contributed by atoms with van der Waals surface area (Å²) in [4.78, 5) is 2.39. The molecule has 0 saturated carbocycles. The van der Waals surface area contributed by atoms with E-state index in [1.165, 1.54) is 5.69 Å². The highest BCUT2D eigenvalue weighted by molar-refractivity contribution is 6.30. The quantitative estimate of drug-likeness (QED) is 0.882. The van der Waals surface area contributed by atoms with Crippen LogP contribution in [0.5, 0.6) is 0 Å². The van der Waals surface area contributed by atoms with Crippen molar-refractivity contribution < 1.29 is 5.11 Å². The maximum atomic E-state index is 9.21. The van der Waals surface area contributed by atoms with E-state index in [9.17, 15) is 5.11 Å². The zero-order chi connectivity index (χ0) is 13.0. The van der Waals surface area contributed by atoms with Gasteiger partial charge in [-0.2, -0.15) is 0 Å². The van der Waals surface area contributed by atoms with Gasteiger partial charge in [-0.25, -0.2) is 0 Å². The molecule has 3 nitrogen and oxygen atoms in total. The molecular weight excluding hydrogens is 248 g/mol. The third-order valence-electron chi connectivity index (χ3n) is 3.44. The second-order valence-corrected chi connectivity index (χ2v) is 5.49. The standard InChI is InChI=1S/C14H21ClN2O/c1-11-8-16-9-14(6-7-18)17(10-11)13-4-2-12(15)3-5-13/h2-5,11,14,16,18H,6-10H2,1H3. The molecule has 1 saturated heterocycles. The number of hydrogen-bond donors (Lipinski definition) is 2. The molecule has 2 N–H and O–H groups in total. The number of halogens is 1. The molecule has 0 bridgehead atoms. The number of nitrogens with zero attached hydrogens (tertiary/aromatic N) is 1. The Morgan fingerprint density at radius 3 is 2.72 bits per heavy atom. The van der Waals surface area contributed by atoms with Gasteiger partial charge in [-0.05, 0) is 43.1 Å². The molecule has 1 fully saturated rings. The molecule has 1 aliphatic rings. The third kappa shape index (κ3) is 3.37. The topological polar surface area (TPSA) is 35.5 Å². The fourth-order valence-electron chi connectivity index (χ4n) is 2.51. The Bertz CT molecular complexity index is 369. The normalized spacial score (nSPS) is 24.9. The number of aliphatic hydroxyl groups is 1. The molecule has 1 aromatic carbocycles. The fraction of sp³-hybridized carbons (Fsp3) is 0.571. The van der Waals surface area contributed by atoms with E-state index in [2.05, 4.69) is 29.3 Å². The lowest BCUT2D eigenvalue weighted by atomic mass is 10.1. The predicted molar refractivity (Wildman–Crippen MR) is 76.3 cm³/mol. The van der Waals surface area contributed by atoms with E-state index in [-0.39, 0.29) is 6.61 Å². The largest absolute Gasteiger partial charge is 0.396 e.